The predicted octanol–water partition coefficient (Wildman–Crippen LogP) is 4.17. The lowest BCUT2D eigenvalue weighted by molar-refractivity contribution is -0.123. The van der Waals surface area contributed by atoms with Gasteiger partial charge in [0.25, 0.3) is 5.91 Å². The molecular formula is C24H21N3O3. The number of hydrazone groups is 1. The summed E-state index contributed by atoms with van der Waals surface area (Å²) in [5.41, 5.74) is 4.30. The van der Waals surface area contributed by atoms with Crippen molar-refractivity contribution >= 4 is 22.9 Å². The summed E-state index contributed by atoms with van der Waals surface area (Å²) in [6.45, 7) is -0.120. The Morgan fingerprint density at radius 3 is 2.63 bits per heavy atom. The SMILES string of the molecule is COc1ccc(-n2cccc2/C=N/NC(=O)COc2cccc3ccccc23)cc1. The number of benzene rings is 3. The van der Waals surface area contributed by atoms with Gasteiger partial charge in [0, 0.05) is 17.3 Å². The average Bonchev–Trinajstić information content (AvgIpc) is 3.26. The lowest BCUT2D eigenvalue weighted by Gasteiger charge is -2.09. The molecule has 0 bridgehead atoms. The van der Waals surface area contributed by atoms with E-state index in [1.165, 1.54) is 0 Å². The Kier molecular flexibility index (Phi) is 5.75. The minimum atomic E-state index is -0.332. The van der Waals surface area contributed by atoms with E-state index >= 15 is 0 Å². The smallest absolute Gasteiger partial charge is 0.277 e. The Morgan fingerprint density at radius 1 is 1.00 bits per heavy atom. The number of carbonyl (C=O) groups excluding carboxylic acids is 1. The number of fused-ring (bicyclic) bond motifs is 1. The van der Waals surface area contributed by atoms with Gasteiger partial charge < -0.3 is 14.0 Å². The highest BCUT2D eigenvalue weighted by Gasteiger charge is 2.06. The van der Waals surface area contributed by atoms with Crippen molar-refractivity contribution in [1.29, 1.82) is 0 Å². The maximum atomic E-state index is 12.1. The molecule has 150 valence electrons. The number of hydrogen-bond acceptors (Lipinski definition) is 4. The summed E-state index contributed by atoms with van der Waals surface area (Å²) < 4.78 is 12.8. The Labute approximate surface area is 174 Å². The molecule has 1 heterocycles. The summed E-state index contributed by atoms with van der Waals surface area (Å²) in [6, 6.07) is 25.1. The van der Waals surface area contributed by atoms with E-state index in [2.05, 4.69) is 10.5 Å². The first kappa shape index (κ1) is 19.3. The van der Waals surface area contributed by atoms with Crippen molar-refractivity contribution in [2.75, 3.05) is 13.7 Å². The molecule has 30 heavy (non-hydrogen) atoms. The van der Waals surface area contributed by atoms with Gasteiger partial charge in [-0.05, 0) is 47.9 Å². The van der Waals surface area contributed by atoms with E-state index < -0.39 is 0 Å². The second-order valence-corrected chi connectivity index (χ2v) is 6.56. The summed E-state index contributed by atoms with van der Waals surface area (Å²) in [6.07, 6.45) is 3.52. The highest BCUT2D eigenvalue weighted by Crippen LogP contribution is 2.25. The molecule has 0 aliphatic rings. The molecule has 0 radical (unpaired) electrons. The highest BCUT2D eigenvalue weighted by molar-refractivity contribution is 5.89. The zero-order valence-corrected chi connectivity index (χ0v) is 16.5. The van der Waals surface area contributed by atoms with Crippen LogP contribution >= 0.6 is 0 Å². The average molecular weight is 399 g/mol. The van der Waals surface area contributed by atoms with Crippen LogP contribution in [0.25, 0.3) is 16.5 Å². The van der Waals surface area contributed by atoms with Gasteiger partial charge in [0.15, 0.2) is 6.61 Å². The molecule has 0 saturated carbocycles. The molecule has 3 aromatic carbocycles. The third kappa shape index (κ3) is 4.33. The summed E-state index contributed by atoms with van der Waals surface area (Å²) in [5.74, 6) is 1.13. The first-order valence-corrected chi connectivity index (χ1v) is 9.49. The van der Waals surface area contributed by atoms with Crippen LogP contribution in [0.4, 0.5) is 0 Å². The monoisotopic (exact) mass is 399 g/mol. The predicted molar refractivity (Wildman–Crippen MR) is 118 cm³/mol. The van der Waals surface area contributed by atoms with Crippen LogP contribution in [-0.4, -0.2) is 30.4 Å². The molecule has 0 fully saturated rings. The van der Waals surface area contributed by atoms with Gasteiger partial charge in [0.2, 0.25) is 0 Å². The van der Waals surface area contributed by atoms with Crippen molar-refractivity contribution in [3.05, 3.63) is 90.8 Å². The maximum absolute atomic E-state index is 12.1. The van der Waals surface area contributed by atoms with Crippen LogP contribution in [0.15, 0.2) is 90.2 Å². The van der Waals surface area contributed by atoms with Gasteiger partial charge in [-0.1, -0.05) is 36.4 Å². The van der Waals surface area contributed by atoms with Gasteiger partial charge in [-0.3, -0.25) is 4.79 Å². The van der Waals surface area contributed by atoms with Crippen LogP contribution in [0.1, 0.15) is 5.69 Å². The zero-order valence-electron chi connectivity index (χ0n) is 16.5. The quantitative estimate of drug-likeness (QED) is 0.375. The standard InChI is InChI=1S/C24H21N3O3/c1-29-21-13-11-19(12-14-21)27-15-5-8-20(27)16-25-26-24(28)17-30-23-10-4-7-18-6-2-3-9-22(18)23/h2-16H,17H2,1H3,(H,26,28)/b25-16+. The number of aromatic nitrogens is 1. The molecule has 4 rings (SSSR count). The van der Waals surface area contributed by atoms with E-state index in [-0.39, 0.29) is 12.5 Å². The Morgan fingerprint density at radius 2 is 1.80 bits per heavy atom. The minimum absolute atomic E-state index is 0.120. The molecule has 0 saturated heterocycles. The third-order valence-corrected chi connectivity index (χ3v) is 4.63. The van der Waals surface area contributed by atoms with Crippen LogP contribution in [-0.2, 0) is 4.79 Å². The summed E-state index contributed by atoms with van der Waals surface area (Å²) >= 11 is 0. The Balaban J connectivity index is 1.37. The van der Waals surface area contributed by atoms with Crippen LogP contribution in [0.3, 0.4) is 0 Å². The number of rotatable bonds is 7. The summed E-state index contributed by atoms with van der Waals surface area (Å²) in [4.78, 5) is 12.1. The molecule has 1 aromatic heterocycles. The van der Waals surface area contributed by atoms with E-state index in [0.29, 0.717) is 5.75 Å². The van der Waals surface area contributed by atoms with Gasteiger partial charge in [0.05, 0.1) is 19.0 Å². The normalized spacial score (nSPS) is 11.0. The number of nitrogens with one attached hydrogen (secondary N) is 1. The van der Waals surface area contributed by atoms with Crippen LogP contribution in [0, 0.1) is 0 Å². The second kappa shape index (κ2) is 8.96. The van der Waals surface area contributed by atoms with Crippen molar-refractivity contribution < 1.29 is 14.3 Å². The third-order valence-electron chi connectivity index (χ3n) is 4.63. The molecule has 1 amide bonds. The van der Waals surface area contributed by atoms with Crippen LogP contribution in [0.2, 0.25) is 0 Å². The molecule has 0 atom stereocenters. The molecule has 0 unspecified atom stereocenters. The maximum Gasteiger partial charge on any atom is 0.277 e. The topological polar surface area (TPSA) is 64.8 Å². The Hall–Kier alpha value is -4.06. The molecule has 4 aromatic rings. The largest absolute Gasteiger partial charge is 0.497 e. The summed E-state index contributed by atoms with van der Waals surface area (Å²) in [7, 11) is 1.63. The number of ether oxygens (including phenoxy) is 2. The van der Waals surface area contributed by atoms with E-state index in [1.807, 2.05) is 89.6 Å². The molecular weight excluding hydrogens is 378 g/mol. The fourth-order valence-electron chi connectivity index (χ4n) is 3.14. The zero-order chi connectivity index (χ0) is 20.8. The number of nitrogens with zero attached hydrogens (tertiary/aromatic N) is 2. The molecule has 6 nitrogen and oxygen atoms in total. The highest BCUT2D eigenvalue weighted by atomic mass is 16.5. The van der Waals surface area contributed by atoms with Crippen molar-refractivity contribution in [3.8, 4) is 17.2 Å². The van der Waals surface area contributed by atoms with E-state index in [1.54, 1.807) is 13.3 Å². The van der Waals surface area contributed by atoms with E-state index in [9.17, 15) is 4.79 Å². The number of carbonyl (C=O) groups is 1. The van der Waals surface area contributed by atoms with E-state index in [4.69, 9.17) is 9.47 Å². The van der Waals surface area contributed by atoms with Crippen molar-refractivity contribution in [2.24, 2.45) is 5.10 Å². The lowest BCUT2D eigenvalue weighted by atomic mass is 10.1. The number of hydrogen-bond donors (Lipinski definition) is 1. The molecule has 1 N–H and O–H groups in total. The van der Waals surface area contributed by atoms with Gasteiger partial charge in [0.1, 0.15) is 11.5 Å². The first-order valence-electron chi connectivity index (χ1n) is 9.49. The van der Waals surface area contributed by atoms with Gasteiger partial charge in [-0.2, -0.15) is 5.10 Å². The fourth-order valence-corrected chi connectivity index (χ4v) is 3.14. The van der Waals surface area contributed by atoms with Crippen LogP contribution in [0.5, 0.6) is 11.5 Å². The van der Waals surface area contributed by atoms with E-state index in [0.717, 1.165) is 27.9 Å². The van der Waals surface area contributed by atoms with Crippen molar-refractivity contribution in [1.82, 2.24) is 9.99 Å². The van der Waals surface area contributed by atoms with Gasteiger partial charge in [-0.25, -0.2) is 5.43 Å². The molecule has 0 aliphatic heterocycles. The molecule has 0 spiro atoms. The second-order valence-electron chi connectivity index (χ2n) is 6.56. The fraction of sp³-hybridized carbons (Fsp3) is 0.0833. The van der Waals surface area contributed by atoms with Crippen molar-refractivity contribution in [2.45, 2.75) is 0 Å². The molecule has 6 heteroatoms. The number of amides is 1. The number of methoxy groups -OCH3 is 1. The van der Waals surface area contributed by atoms with Crippen LogP contribution < -0.4 is 14.9 Å². The van der Waals surface area contributed by atoms with Crippen molar-refractivity contribution in [3.63, 3.8) is 0 Å². The lowest BCUT2D eigenvalue weighted by Crippen LogP contribution is -2.24. The van der Waals surface area contributed by atoms with Gasteiger partial charge in [-0.15, -0.1) is 0 Å². The first-order chi connectivity index (χ1) is 14.7. The summed E-state index contributed by atoms with van der Waals surface area (Å²) in [5, 5.41) is 6.09. The minimum Gasteiger partial charge on any atom is -0.497 e. The van der Waals surface area contributed by atoms with Gasteiger partial charge >= 0.3 is 0 Å². The molecule has 0 aliphatic carbocycles. The Bertz CT molecular complexity index is 1170.